The van der Waals surface area contributed by atoms with Gasteiger partial charge in [0.2, 0.25) is 0 Å². The summed E-state index contributed by atoms with van der Waals surface area (Å²) in [5.74, 6) is 0. The van der Waals surface area contributed by atoms with Gasteiger partial charge >= 0.3 is 0 Å². The van der Waals surface area contributed by atoms with Crippen LogP contribution in [0.1, 0.15) is 0 Å². The fourth-order valence-electron chi connectivity index (χ4n) is 2.36. The Balaban J connectivity index is 2.05. The molecule has 0 atom stereocenters. The van der Waals surface area contributed by atoms with Crippen molar-refractivity contribution in [2.24, 2.45) is 0 Å². The van der Waals surface area contributed by atoms with E-state index in [4.69, 9.17) is 11.6 Å². The minimum atomic E-state index is 0.651. The number of nitrogens with one attached hydrogen (secondary N) is 1. The third-order valence-corrected chi connectivity index (χ3v) is 3.49. The molecule has 0 radical (unpaired) electrons. The molecule has 2 aromatic carbocycles. The number of hydrogen-bond acceptors (Lipinski definition) is 3. The summed E-state index contributed by atoms with van der Waals surface area (Å²) in [7, 11) is 0. The molecule has 0 amide bonds. The summed E-state index contributed by atoms with van der Waals surface area (Å²) < 4.78 is 0. The highest BCUT2D eigenvalue weighted by Gasteiger charge is 2.09. The molecule has 20 heavy (non-hydrogen) atoms. The number of benzene rings is 2. The van der Waals surface area contributed by atoms with E-state index < -0.39 is 0 Å². The van der Waals surface area contributed by atoms with Gasteiger partial charge in [-0.1, -0.05) is 17.7 Å². The Morgan fingerprint density at radius 2 is 1.80 bits per heavy atom. The van der Waals surface area contributed by atoms with Crippen LogP contribution in [-0.4, -0.2) is 19.9 Å². The van der Waals surface area contributed by atoms with E-state index in [0.717, 1.165) is 33.2 Å². The Morgan fingerprint density at radius 1 is 0.900 bits per heavy atom. The van der Waals surface area contributed by atoms with Gasteiger partial charge in [-0.15, -0.1) is 0 Å². The van der Waals surface area contributed by atoms with Gasteiger partial charge in [-0.2, -0.15) is 0 Å². The highest BCUT2D eigenvalue weighted by Crippen LogP contribution is 2.31. The molecular weight excluding hydrogens is 272 g/mol. The quantitative estimate of drug-likeness (QED) is 0.576. The first-order valence-electron chi connectivity index (χ1n) is 6.15. The fourth-order valence-corrected chi connectivity index (χ4v) is 2.58. The molecule has 5 heteroatoms. The molecule has 0 bridgehead atoms. The van der Waals surface area contributed by atoms with E-state index in [1.54, 1.807) is 18.7 Å². The predicted octanol–water partition coefficient (Wildman–Crippen LogP) is 3.83. The molecule has 2 heterocycles. The molecule has 0 aliphatic carbocycles. The van der Waals surface area contributed by atoms with E-state index in [1.165, 1.54) is 0 Å². The van der Waals surface area contributed by atoms with E-state index in [-0.39, 0.29) is 0 Å². The van der Waals surface area contributed by atoms with Gasteiger partial charge in [0, 0.05) is 23.0 Å². The number of hydrogen-bond donors (Lipinski definition) is 1. The smallest absolute Gasteiger partial charge is 0.0966 e. The largest absolute Gasteiger partial charge is 0.345 e. The van der Waals surface area contributed by atoms with Crippen molar-refractivity contribution >= 4 is 33.7 Å². The van der Waals surface area contributed by atoms with Crippen molar-refractivity contribution in [3.05, 3.63) is 54.1 Å². The molecule has 4 rings (SSSR count). The summed E-state index contributed by atoms with van der Waals surface area (Å²) in [5.41, 5.74) is 5.56. The van der Waals surface area contributed by atoms with Crippen LogP contribution in [0.2, 0.25) is 5.02 Å². The molecule has 0 spiro atoms. The van der Waals surface area contributed by atoms with Crippen LogP contribution in [0.15, 0.2) is 49.1 Å². The fraction of sp³-hybridized carbons (Fsp3) is 0. The summed E-state index contributed by atoms with van der Waals surface area (Å²) in [4.78, 5) is 16.1. The molecule has 96 valence electrons. The van der Waals surface area contributed by atoms with E-state index in [1.807, 2.05) is 30.3 Å². The first-order valence-corrected chi connectivity index (χ1v) is 6.53. The summed E-state index contributed by atoms with van der Waals surface area (Å²) in [6.07, 6.45) is 5.04. The van der Waals surface area contributed by atoms with Crippen LogP contribution in [0.4, 0.5) is 0 Å². The maximum atomic E-state index is 6.18. The number of aromatic nitrogens is 4. The Bertz CT molecular complexity index is 929. The Labute approximate surface area is 119 Å². The lowest BCUT2D eigenvalue weighted by Gasteiger charge is -2.06. The van der Waals surface area contributed by atoms with Gasteiger partial charge in [-0.3, -0.25) is 9.97 Å². The second kappa shape index (κ2) is 4.28. The molecule has 0 aliphatic rings. The van der Waals surface area contributed by atoms with Crippen molar-refractivity contribution in [1.29, 1.82) is 0 Å². The monoisotopic (exact) mass is 280 g/mol. The minimum absolute atomic E-state index is 0.651. The summed E-state index contributed by atoms with van der Waals surface area (Å²) >= 11 is 6.18. The lowest BCUT2D eigenvalue weighted by molar-refractivity contribution is 1.29. The highest BCUT2D eigenvalue weighted by atomic mass is 35.5. The van der Waals surface area contributed by atoms with Crippen LogP contribution in [0.25, 0.3) is 33.2 Å². The van der Waals surface area contributed by atoms with E-state index in [0.29, 0.717) is 5.02 Å². The zero-order valence-electron chi connectivity index (χ0n) is 10.3. The van der Waals surface area contributed by atoms with Gasteiger partial charge in [0.15, 0.2) is 0 Å². The van der Waals surface area contributed by atoms with Crippen LogP contribution < -0.4 is 0 Å². The number of fused-ring (bicyclic) bond motifs is 2. The number of H-pyrrole nitrogens is 1. The van der Waals surface area contributed by atoms with Crippen molar-refractivity contribution < 1.29 is 0 Å². The molecule has 2 aromatic heterocycles. The average molecular weight is 281 g/mol. The normalized spacial score (nSPS) is 11.2. The summed E-state index contributed by atoms with van der Waals surface area (Å²) in [5, 5.41) is 0.651. The molecule has 0 fully saturated rings. The Hall–Kier alpha value is -2.46. The van der Waals surface area contributed by atoms with Crippen molar-refractivity contribution in [1.82, 2.24) is 19.9 Å². The highest BCUT2D eigenvalue weighted by molar-refractivity contribution is 6.31. The maximum absolute atomic E-state index is 6.18. The van der Waals surface area contributed by atoms with Gasteiger partial charge in [-0.05, 0) is 29.8 Å². The molecule has 0 saturated heterocycles. The second-order valence-corrected chi connectivity index (χ2v) is 4.95. The zero-order chi connectivity index (χ0) is 13.5. The second-order valence-electron chi connectivity index (χ2n) is 4.51. The van der Waals surface area contributed by atoms with Gasteiger partial charge in [-0.25, -0.2) is 4.98 Å². The molecule has 4 nitrogen and oxygen atoms in total. The van der Waals surface area contributed by atoms with Crippen molar-refractivity contribution in [2.75, 3.05) is 0 Å². The number of halogens is 1. The number of imidazole rings is 1. The van der Waals surface area contributed by atoms with Gasteiger partial charge in [0.1, 0.15) is 0 Å². The first-order chi connectivity index (χ1) is 9.81. The standard InChI is InChI=1S/C15H9ClN4/c16-10-6-11(15-14(7-10)17-3-4-18-15)9-1-2-12-13(5-9)20-8-19-12/h1-8H,(H,19,20). The van der Waals surface area contributed by atoms with Crippen LogP contribution in [0.5, 0.6) is 0 Å². The van der Waals surface area contributed by atoms with Gasteiger partial charge < -0.3 is 4.98 Å². The van der Waals surface area contributed by atoms with E-state index in [9.17, 15) is 0 Å². The SMILES string of the molecule is Clc1cc(-c2ccc3nc[nH]c3c2)c2nccnc2c1. The van der Waals surface area contributed by atoms with Crippen LogP contribution >= 0.6 is 11.6 Å². The molecule has 0 unspecified atom stereocenters. The molecular formula is C15H9ClN4. The Kier molecular flexibility index (Phi) is 2.44. The summed E-state index contributed by atoms with van der Waals surface area (Å²) in [6.45, 7) is 0. The minimum Gasteiger partial charge on any atom is -0.345 e. The van der Waals surface area contributed by atoms with Gasteiger partial charge in [0.05, 0.1) is 28.4 Å². The lowest BCUT2D eigenvalue weighted by atomic mass is 10.0. The van der Waals surface area contributed by atoms with Crippen LogP contribution in [-0.2, 0) is 0 Å². The third-order valence-electron chi connectivity index (χ3n) is 3.27. The molecule has 0 aliphatic heterocycles. The predicted molar refractivity (Wildman–Crippen MR) is 79.6 cm³/mol. The first kappa shape index (κ1) is 11.4. The Morgan fingerprint density at radius 3 is 2.75 bits per heavy atom. The summed E-state index contributed by atoms with van der Waals surface area (Å²) in [6, 6.07) is 9.77. The van der Waals surface area contributed by atoms with E-state index in [2.05, 4.69) is 19.9 Å². The van der Waals surface area contributed by atoms with Crippen molar-refractivity contribution in [2.45, 2.75) is 0 Å². The average Bonchev–Trinajstić information content (AvgIpc) is 2.93. The molecule has 0 saturated carbocycles. The zero-order valence-corrected chi connectivity index (χ0v) is 11.1. The molecule has 4 aromatic rings. The number of nitrogens with zero attached hydrogens (tertiary/aromatic N) is 3. The number of aromatic amines is 1. The van der Waals surface area contributed by atoms with Gasteiger partial charge in [0.25, 0.3) is 0 Å². The van der Waals surface area contributed by atoms with Crippen molar-refractivity contribution in [3.63, 3.8) is 0 Å². The van der Waals surface area contributed by atoms with Crippen LogP contribution in [0.3, 0.4) is 0 Å². The molecule has 1 N–H and O–H groups in total. The topological polar surface area (TPSA) is 54.5 Å². The number of rotatable bonds is 1. The third kappa shape index (κ3) is 1.73. The van der Waals surface area contributed by atoms with E-state index >= 15 is 0 Å². The lowest BCUT2D eigenvalue weighted by Crippen LogP contribution is -1.88. The maximum Gasteiger partial charge on any atom is 0.0966 e. The van der Waals surface area contributed by atoms with Crippen LogP contribution in [0, 0.1) is 0 Å². The van der Waals surface area contributed by atoms with Crippen molar-refractivity contribution in [3.8, 4) is 11.1 Å².